The molecule has 2 rings (SSSR count). The predicted octanol–water partition coefficient (Wildman–Crippen LogP) is 3.17. The molecule has 0 heterocycles. The van der Waals surface area contributed by atoms with Crippen molar-refractivity contribution in [2.45, 2.75) is 26.3 Å². The number of aliphatic carboxylic acids is 1. The third-order valence-electron chi connectivity index (χ3n) is 3.75. The number of hydrogen-bond donors (Lipinski definition) is 3. The lowest BCUT2D eigenvalue weighted by molar-refractivity contribution is -0.139. The van der Waals surface area contributed by atoms with Gasteiger partial charge in [0, 0.05) is 16.8 Å². The molecule has 0 aliphatic carbocycles. The van der Waals surface area contributed by atoms with Crippen molar-refractivity contribution >= 4 is 23.5 Å². The second-order valence-electron chi connectivity index (χ2n) is 6.39. The van der Waals surface area contributed by atoms with Crippen LogP contribution >= 0.6 is 0 Å². The molecule has 0 spiro atoms. The van der Waals surface area contributed by atoms with Gasteiger partial charge >= 0.3 is 5.97 Å². The summed E-state index contributed by atoms with van der Waals surface area (Å²) in [6, 6.07) is 14.2. The average Bonchev–Trinajstić information content (AvgIpc) is 2.61. The van der Waals surface area contributed by atoms with Crippen LogP contribution in [0.4, 0.5) is 5.69 Å². The monoisotopic (exact) mass is 354 g/mol. The predicted molar refractivity (Wildman–Crippen MR) is 99.2 cm³/mol. The topological polar surface area (TPSA) is 95.5 Å². The van der Waals surface area contributed by atoms with Crippen LogP contribution < -0.4 is 10.6 Å². The van der Waals surface area contributed by atoms with E-state index in [9.17, 15) is 19.5 Å². The fourth-order valence-corrected chi connectivity index (χ4v) is 2.43. The van der Waals surface area contributed by atoms with Gasteiger partial charge in [-0.2, -0.15) is 0 Å². The number of carbonyl (C=O) groups is 3. The summed E-state index contributed by atoms with van der Waals surface area (Å²) in [4.78, 5) is 35.7. The van der Waals surface area contributed by atoms with Crippen molar-refractivity contribution in [3.05, 3.63) is 65.7 Å². The van der Waals surface area contributed by atoms with Crippen LogP contribution in [0.1, 0.15) is 41.0 Å². The lowest BCUT2D eigenvalue weighted by Gasteiger charge is -2.16. The van der Waals surface area contributed by atoms with Crippen LogP contribution in [0.15, 0.2) is 54.6 Å². The maximum Gasteiger partial charge on any atom is 0.326 e. The normalized spacial score (nSPS) is 11.7. The van der Waals surface area contributed by atoms with Crippen LogP contribution in [-0.2, 0) is 4.79 Å². The minimum Gasteiger partial charge on any atom is -0.480 e. The molecule has 136 valence electrons. The molecule has 6 heteroatoms. The third kappa shape index (κ3) is 5.44. The van der Waals surface area contributed by atoms with E-state index in [4.69, 9.17) is 0 Å². The maximum absolute atomic E-state index is 12.2. The zero-order chi connectivity index (χ0) is 19.1. The first-order chi connectivity index (χ1) is 12.4. The summed E-state index contributed by atoms with van der Waals surface area (Å²) in [7, 11) is 0. The number of benzene rings is 2. The number of carboxylic acid groups (broad SMARTS) is 1. The van der Waals surface area contributed by atoms with Crippen molar-refractivity contribution in [2.24, 2.45) is 5.92 Å². The molecule has 3 N–H and O–H groups in total. The summed E-state index contributed by atoms with van der Waals surface area (Å²) in [6.07, 6.45) is 0.346. The van der Waals surface area contributed by atoms with Crippen LogP contribution in [0.2, 0.25) is 0 Å². The first kappa shape index (κ1) is 19.2. The van der Waals surface area contributed by atoms with Crippen LogP contribution in [0.5, 0.6) is 0 Å². The van der Waals surface area contributed by atoms with E-state index in [-0.39, 0.29) is 11.8 Å². The zero-order valence-corrected chi connectivity index (χ0v) is 14.7. The fraction of sp³-hybridized carbons (Fsp3) is 0.250. The van der Waals surface area contributed by atoms with Crippen molar-refractivity contribution < 1.29 is 19.5 Å². The number of anilines is 1. The van der Waals surface area contributed by atoms with E-state index in [1.165, 1.54) is 24.3 Å². The number of amides is 2. The SMILES string of the molecule is CC(C)C[C@H](NC(=O)c1ccc(C(=O)Nc2ccccc2)cc1)C(=O)O. The number of rotatable bonds is 7. The number of carbonyl (C=O) groups excluding carboxylic acids is 2. The van der Waals surface area contributed by atoms with Crippen LogP contribution in [-0.4, -0.2) is 28.9 Å². The highest BCUT2D eigenvalue weighted by Crippen LogP contribution is 2.11. The molecule has 0 aliphatic heterocycles. The quantitative estimate of drug-likeness (QED) is 0.712. The molecule has 2 aromatic carbocycles. The Morgan fingerprint density at radius 3 is 1.92 bits per heavy atom. The highest BCUT2D eigenvalue weighted by molar-refractivity contribution is 6.05. The molecule has 6 nitrogen and oxygen atoms in total. The molecule has 0 radical (unpaired) electrons. The first-order valence-electron chi connectivity index (χ1n) is 8.37. The summed E-state index contributed by atoms with van der Waals surface area (Å²) >= 11 is 0. The standard InChI is InChI=1S/C20H22N2O4/c1-13(2)12-17(20(25)26)22-19(24)15-10-8-14(9-11-15)18(23)21-16-6-4-3-5-7-16/h3-11,13,17H,12H2,1-2H3,(H,21,23)(H,22,24)(H,25,26)/t17-/m0/s1. The average molecular weight is 354 g/mol. The molecule has 0 saturated heterocycles. The smallest absolute Gasteiger partial charge is 0.326 e. The second-order valence-corrected chi connectivity index (χ2v) is 6.39. The van der Waals surface area contributed by atoms with E-state index in [0.717, 1.165) is 0 Å². The van der Waals surface area contributed by atoms with Gasteiger partial charge in [-0.1, -0.05) is 32.0 Å². The summed E-state index contributed by atoms with van der Waals surface area (Å²) in [6.45, 7) is 3.78. The van der Waals surface area contributed by atoms with E-state index >= 15 is 0 Å². The van der Waals surface area contributed by atoms with E-state index in [1.54, 1.807) is 12.1 Å². The van der Waals surface area contributed by atoms with Gasteiger partial charge in [-0.3, -0.25) is 9.59 Å². The van der Waals surface area contributed by atoms with Crippen molar-refractivity contribution in [1.82, 2.24) is 5.32 Å². The van der Waals surface area contributed by atoms with Crippen molar-refractivity contribution in [2.75, 3.05) is 5.32 Å². The Balaban J connectivity index is 2.02. The first-order valence-corrected chi connectivity index (χ1v) is 8.37. The van der Waals surface area contributed by atoms with E-state index in [2.05, 4.69) is 10.6 Å². The maximum atomic E-state index is 12.2. The Kier molecular flexibility index (Phi) is 6.49. The fourth-order valence-electron chi connectivity index (χ4n) is 2.43. The molecule has 0 unspecified atom stereocenters. The van der Waals surface area contributed by atoms with Crippen molar-refractivity contribution in [3.8, 4) is 0 Å². The Morgan fingerprint density at radius 2 is 1.42 bits per heavy atom. The lowest BCUT2D eigenvalue weighted by atomic mass is 10.0. The summed E-state index contributed by atoms with van der Waals surface area (Å²) in [5, 5.41) is 14.5. The summed E-state index contributed by atoms with van der Waals surface area (Å²) in [5.74, 6) is -1.69. The zero-order valence-electron chi connectivity index (χ0n) is 14.7. The van der Waals surface area contributed by atoms with Gasteiger partial charge < -0.3 is 15.7 Å². The highest BCUT2D eigenvalue weighted by Gasteiger charge is 2.21. The van der Waals surface area contributed by atoms with Crippen molar-refractivity contribution in [3.63, 3.8) is 0 Å². The number of para-hydroxylation sites is 1. The molecular formula is C20H22N2O4. The van der Waals surface area contributed by atoms with Gasteiger partial charge in [-0.25, -0.2) is 4.79 Å². The van der Waals surface area contributed by atoms with Gasteiger partial charge in [0.1, 0.15) is 6.04 Å². The van der Waals surface area contributed by atoms with Crippen molar-refractivity contribution in [1.29, 1.82) is 0 Å². The molecule has 0 aliphatic rings. The summed E-state index contributed by atoms with van der Waals surface area (Å²) in [5.41, 5.74) is 1.39. The number of nitrogens with one attached hydrogen (secondary N) is 2. The Morgan fingerprint density at radius 1 is 0.885 bits per heavy atom. The van der Waals surface area contributed by atoms with Gasteiger partial charge in [-0.15, -0.1) is 0 Å². The lowest BCUT2D eigenvalue weighted by Crippen LogP contribution is -2.41. The molecule has 2 aromatic rings. The Hall–Kier alpha value is -3.15. The molecule has 0 aromatic heterocycles. The highest BCUT2D eigenvalue weighted by atomic mass is 16.4. The summed E-state index contributed by atoms with van der Waals surface area (Å²) < 4.78 is 0. The van der Waals surface area contributed by atoms with Crippen LogP contribution in [0, 0.1) is 5.92 Å². The Labute approximate surface area is 152 Å². The van der Waals surface area contributed by atoms with E-state index in [0.29, 0.717) is 23.2 Å². The number of carboxylic acids is 1. The molecule has 1 atom stereocenters. The van der Waals surface area contributed by atoms with Gasteiger partial charge in [0.25, 0.3) is 11.8 Å². The van der Waals surface area contributed by atoms with E-state index < -0.39 is 17.9 Å². The van der Waals surface area contributed by atoms with Gasteiger partial charge in [0.15, 0.2) is 0 Å². The van der Waals surface area contributed by atoms with E-state index in [1.807, 2.05) is 32.0 Å². The number of hydrogen-bond acceptors (Lipinski definition) is 3. The Bertz CT molecular complexity index is 770. The van der Waals surface area contributed by atoms with Gasteiger partial charge in [0.05, 0.1) is 0 Å². The van der Waals surface area contributed by atoms with Gasteiger partial charge in [0.2, 0.25) is 0 Å². The molecule has 0 bridgehead atoms. The van der Waals surface area contributed by atoms with Crippen LogP contribution in [0.25, 0.3) is 0 Å². The molecule has 0 fully saturated rings. The molecule has 2 amide bonds. The second kappa shape index (κ2) is 8.80. The van der Waals surface area contributed by atoms with Gasteiger partial charge in [-0.05, 0) is 48.7 Å². The largest absolute Gasteiger partial charge is 0.480 e. The molecule has 26 heavy (non-hydrogen) atoms. The third-order valence-corrected chi connectivity index (χ3v) is 3.75. The minimum atomic E-state index is -1.06. The van der Waals surface area contributed by atoms with Crippen LogP contribution in [0.3, 0.4) is 0 Å². The molecule has 0 saturated carbocycles. The molecular weight excluding hydrogens is 332 g/mol. The minimum absolute atomic E-state index is 0.139.